The minimum absolute atomic E-state index is 0. The van der Waals surface area contributed by atoms with Gasteiger partial charge in [0, 0.05) is 25.9 Å². The molecule has 0 aliphatic rings. The average molecular weight is 361 g/mol. The molecule has 6 heteroatoms. The molecule has 22 heavy (non-hydrogen) atoms. The van der Waals surface area contributed by atoms with E-state index < -0.39 is 8.80 Å². The van der Waals surface area contributed by atoms with Crippen molar-refractivity contribution in [2.45, 2.75) is 85.1 Å². The Balaban J connectivity index is -0.00000180. The average Bonchev–Trinajstić information content (AvgIpc) is 2.43. The molecular weight excluding hydrogens is 323 g/mol. The van der Waals surface area contributed by atoms with E-state index in [4.69, 9.17) is 13.3 Å². The van der Waals surface area contributed by atoms with E-state index in [1.807, 2.05) is 20.8 Å². The van der Waals surface area contributed by atoms with Crippen molar-refractivity contribution < 1.29 is 18.0 Å². The van der Waals surface area contributed by atoms with Gasteiger partial charge in [-0.05, 0) is 27.2 Å². The van der Waals surface area contributed by atoms with Crippen molar-refractivity contribution in [3.05, 3.63) is 0 Å². The monoisotopic (exact) mass is 360 g/mol. The molecule has 0 spiro atoms. The highest BCUT2D eigenvalue weighted by molar-refractivity contribution is 6.60. The highest BCUT2D eigenvalue weighted by Crippen LogP contribution is 2.20. The molecule has 0 rings (SSSR count). The largest absolute Gasteiger partial charge is 0.500 e. The maximum Gasteiger partial charge on any atom is 0.500 e. The van der Waals surface area contributed by atoms with Crippen LogP contribution in [0.5, 0.6) is 0 Å². The molecule has 0 N–H and O–H groups in total. The van der Waals surface area contributed by atoms with E-state index in [1.54, 1.807) is 0 Å². The summed E-state index contributed by atoms with van der Waals surface area (Å²) in [4.78, 5) is 0. The van der Waals surface area contributed by atoms with E-state index in [0.717, 1.165) is 6.04 Å². The predicted molar refractivity (Wildman–Crippen MR) is 97.8 cm³/mol. The fraction of sp³-hybridized carbons (Fsp3) is 1.00. The summed E-state index contributed by atoms with van der Waals surface area (Å²) in [5, 5.41) is 0. The van der Waals surface area contributed by atoms with E-state index in [0.29, 0.717) is 19.8 Å². The van der Waals surface area contributed by atoms with Crippen molar-refractivity contribution >= 4 is 21.2 Å². The third kappa shape index (κ3) is 13.9. The molecule has 0 aliphatic carbocycles. The topological polar surface area (TPSA) is 27.7 Å². The number of hydrogen-bond donors (Lipinski definition) is 0. The second kappa shape index (κ2) is 19.4. The van der Waals surface area contributed by atoms with Crippen LogP contribution in [0.3, 0.4) is 0 Å². The fourth-order valence-electron chi connectivity index (χ4n) is 2.48. The molecule has 138 valence electrons. The predicted octanol–water partition coefficient (Wildman–Crippen LogP) is 5.75. The lowest BCUT2D eigenvalue weighted by molar-refractivity contribution is 0.0706. The first-order valence-electron chi connectivity index (χ1n) is 8.66. The lowest BCUT2D eigenvalue weighted by Gasteiger charge is -2.28. The van der Waals surface area contributed by atoms with Gasteiger partial charge >= 0.3 is 8.80 Å². The van der Waals surface area contributed by atoms with E-state index >= 15 is 0 Å². The number of halogens is 2. The van der Waals surface area contributed by atoms with Gasteiger partial charge in [0.05, 0.1) is 0 Å². The Bertz CT molecular complexity index is 195. The summed E-state index contributed by atoms with van der Waals surface area (Å²) < 4.78 is 17.6. The molecule has 0 bridgehead atoms. The van der Waals surface area contributed by atoms with Crippen LogP contribution in [0.15, 0.2) is 0 Å². The smallest absolute Gasteiger partial charge is 0.374 e. The molecule has 0 saturated carbocycles. The highest BCUT2D eigenvalue weighted by Gasteiger charge is 2.39. The molecule has 0 saturated heterocycles. The zero-order valence-corrected chi connectivity index (χ0v) is 16.8. The van der Waals surface area contributed by atoms with Crippen LogP contribution in [0, 0.1) is 0 Å². The SMILES string of the molecule is CCCCCCCCCC[Si](OCC)(OCC)OCC.Cl.F. The maximum atomic E-state index is 5.86. The lowest BCUT2D eigenvalue weighted by Crippen LogP contribution is -2.45. The van der Waals surface area contributed by atoms with Crippen molar-refractivity contribution in [1.82, 2.24) is 0 Å². The first-order valence-corrected chi connectivity index (χ1v) is 10.6. The van der Waals surface area contributed by atoms with Crippen LogP contribution in [0.4, 0.5) is 4.70 Å². The van der Waals surface area contributed by atoms with Crippen molar-refractivity contribution in [2.24, 2.45) is 0 Å². The van der Waals surface area contributed by atoms with Crippen LogP contribution < -0.4 is 0 Å². The molecule has 0 fully saturated rings. The van der Waals surface area contributed by atoms with Gasteiger partial charge in [-0.3, -0.25) is 4.70 Å². The van der Waals surface area contributed by atoms with Crippen LogP contribution in [0.1, 0.15) is 79.1 Å². The van der Waals surface area contributed by atoms with Gasteiger partial charge in [0.25, 0.3) is 0 Å². The first kappa shape index (κ1) is 27.2. The Morgan fingerprint density at radius 1 is 0.591 bits per heavy atom. The number of rotatable bonds is 15. The van der Waals surface area contributed by atoms with Crippen molar-refractivity contribution in [3.63, 3.8) is 0 Å². The zero-order valence-electron chi connectivity index (χ0n) is 15.0. The van der Waals surface area contributed by atoms with Crippen LogP contribution in [0.2, 0.25) is 6.04 Å². The molecule has 0 amide bonds. The van der Waals surface area contributed by atoms with E-state index in [9.17, 15) is 0 Å². The number of unbranched alkanes of at least 4 members (excludes halogenated alkanes) is 7. The third-order valence-electron chi connectivity index (χ3n) is 3.43. The molecular formula is C16H38ClFO3Si. The Morgan fingerprint density at radius 3 is 1.32 bits per heavy atom. The van der Waals surface area contributed by atoms with Gasteiger partial charge in [-0.2, -0.15) is 0 Å². The zero-order chi connectivity index (χ0) is 15.1. The van der Waals surface area contributed by atoms with Gasteiger partial charge in [0.2, 0.25) is 0 Å². The van der Waals surface area contributed by atoms with Crippen molar-refractivity contribution in [1.29, 1.82) is 0 Å². The lowest BCUT2D eigenvalue weighted by atomic mass is 10.1. The van der Waals surface area contributed by atoms with Gasteiger partial charge in [-0.25, -0.2) is 0 Å². The summed E-state index contributed by atoms with van der Waals surface area (Å²) in [6.07, 6.45) is 10.6. The van der Waals surface area contributed by atoms with Crippen LogP contribution in [-0.2, 0) is 13.3 Å². The molecule has 0 aromatic heterocycles. The Kier molecular flexibility index (Phi) is 23.9. The molecule has 0 aromatic carbocycles. The summed E-state index contributed by atoms with van der Waals surface area (Å²) in [7, 11) is -2.38. The molecule has 0 heterocycles. The standard InChI is InChI=1S/C16H36O3Si.ClH.FH/c1-5-9-10-11-12-13-14-15-16-20(17-6-2,18-7-3)19-8-4;;/h5-16H2,1-4H3;2*1H. The van der Waals surface area contributed by atoms with Gasteiger partial charge in [-0.15, -0.1) is 12.4 Å². The fourth-order valence-corrected chi connectivity index (χ4v) is 5.16. The molecule has 0 unspecified atom stereocenters. The summed E-state index contributed by atoms with van der Waals surface area (Å²) in [5.41, 5.74) is 0. The summed E-state index contributed by atoms with van der Waals surface area (Å²) in [6, 6.07) is 0.970. The minimum Gasteiger partial charge on any atom is -0.374 e. The van der Waals surface area contributed by atoms with Gasteiger partial charge < -0.3 is 13.3 Å². The normalized spacial score (nSPS) is 10.9. The quantitative estimate of drug-likeness (QED) is 0.275. The molecule has 0 radical (unpaired) electrons. The van der Waals surface area contributed by atoms with Gasteiger partial charge in [-0.1, -0.05) is 51.9 Å². The summed E-state index contributed by atoms with van der Waals surface area (Å²) in [6.45, 7) is 10.4. The highest BCUT2D eigenvalue weighted by atomic mass is 35.5. The van der Waals surface area contributed by atoms with Crippen LogP contribution in [0.25, 0.3) is 0 Å². The van der Waals surface area contributed by atoms with Gasteiger partial charge in [0.1, 0.15) is 0 Å². The summed E-state index contributed by atoms with van der Waals surface area (Å²) >= 11 is 0. The van der Waals surface area contributed by atoms with Crippen molar-refractivity contribution in [2.75, 3.05) is 19.8 Å². The maximum absolute atomic E-state index is 5.86. The molecule has 3 nitrogen and oxygen atoms in total. The second-order valence-electron chi connectivity index (χ2n) is 5.21. The van der Waals surface area contributed by atoms with Crippen LogP contribution >= 0.6 is 12.4 Å². The first-order chi connectivity index (χ1) is 9.74. The molecule has 0 aromatic rings. The Hall–Kier alpha value is 0.317. The van der Waals surface area contributed by atoms with Crippen LogP contribution in [-0.4, -0.2) is 28.6 Å². The minimum atomic E-state index is -2.38. The molecule has 0 aliphatic heterocycles. The Morgan fingerprint density at radius 2 is 0.955 bits per heavy atom. The van der Waals surface area contributed by atoms with E-state index in [-0.39, 0.29) is 17.1 Å². The summed E-state index contributed by atoms with van der Waals surface area (Å²) in [5.74, 6) is 0. The third-order valence-corrected chi connectivity index (χ3v) is 6.58. The Labute approximate surface area is 144 Å². The number of hydrogen-bond acceptors (Lipinski definition) is 3. The van der Waals surface area contributed by atoms with E-state index in [2.05, 4.69) is 6.92 Å². The van der Waals surface area contributed by atoms with E-state index in [1.165, 1.54) is 51.4 Å². The molecule has 0 atom stereocenters. The second-order valence-corrected chi connectivity index (χ2v) is 7.94. The van der Waals surface area contributed by atoms with Gasteiger partial charge in [0.15, 0.2) is 0 Å². The van der Waals surface area contributed by atoms with Crippen molar-refractivity contribution in [3.8, 4) is 0 Å².